The summed E-state index contributed by atoms with van der Waals surface area (Å²) in [5.41, 5.74) is -20.0. The summed E-state index contributed by atoms with van der Waals surface area (Å²) >= 11 is 0. The maximum absolute atomic E-state index is 14.5. The number of fused-ring (bicyclic) bond motifs is 2. The normalized spacial score (nSPS) is 13.0. The summed E-state index contributed by atoms with van der Waals surface area (Å²) in [4.78, 5) is 0. The molecule has 5 rings (SSSR count). The number of benzene rings is 3. The van der Waals surface area contributed by atoms with E-state index in [-0.39, 0.29) is 12.1 Å². The van der Waals surface area contributed by atoms with Crippen molar-refractivity contribution >= 4 is 33.4 Å². The van der Waals surface area contributed by atoms with Crippen LogP contribution >= 0.6 is 0 Å². The van der Waals surface area contributed by atoms with Gasteiger partial charge in [0.05, 0.1) is 51.1 Å². The van der Waals surface area contributed by atoms with Gasteiger partial charge in [-0.25, -0.2) is 0 Å². The third-order valence-electron chi connectivity index (χ3n) is 8.42. The number of hydrogen-bond acceptors (Lipinski definition) is 10. The highest BCUT2D eigenvalue weighted by molar-refractivity contribution is 6.32. The molecule has 0 amide bonds. The van der Waals surface area contributed by atoms with E-state index in [1.807, 2.05) is 0 Å². The number of nitriles is 9. The van der Waals surface area contributed by atoms with Crippen LogP contribution in [-0.2, 0) is 12.4 Å². The minimum atomic E-state index is -5.84. The molecular weight excluding hydrogens is 769 g/mol. The molecule has 3 aromatic rings. The largest absolute Gasteiger partial charge is 0.573 e. The molecule has 0 atom stereocenters. The zero-order valence-electron chi connectivity index (χ0n) is 27.3. The Morgan fingerprint density at radius 1 is 0.474 bits per heavy atom. The first kappa shape index (κ1) is 39.4. The third kappa shape index (κ3) is 6.25. The third-order valence-corrected chi connectivity index (χ3v) is 8.42. The molecule has 0 bridgehead atoms. The van der Waals surface area contributed by atoms with E-state index in [1.165, 1.54) is 48.6 Å². The first-order chi connectivity index (χ1) is 26.8. The van der Waals surface area contributed by atoms with Crippen molar-refractivity contribution < 1.29 is 44.3 Å². The van der Waals surface area contributed by atoms with E-state index in [0.717, 1.165) is 12.1 Å². The average molecular weight is 776 g/mol. The standard InChI is InChI=1S/C38H6F9N9O/c39-36(40,41)25-5-16(1-3-18(25)7-48)27-22(13-54)31-24(15-56)32-23(14-55)28(17-2-4-19(8-49)26(6-17)37(42,43)44)30(21(11-52)12-53)34(32)35(57-38(45,46)47)33(31)29(27)20(9-50)10-51/h1-6H. The molecule has 0 N–H and O–H groups in total. The van der Waals surface area contributed by atoms with Crippen molar-refractivity contribution in [3.05, 3.63) is 109 Å². The van der Waals surface area contributed by atoms with Gasteiger partial charge >= 0.3 is 18.7 Å². The predicted octanol–water partition coefficient (Wildman–Crippen LogP) is 8.74. The van der Waals surface area contributed by atoms with Gasteiger partial charge in [-0.1, -0.05) is 12.1 Å². The molecule has 0 unspecified atom stereocenters. The van der Waals surface area contributed by atoms with Crippen LogP contribution in [0.15, 0.2) is 47.5 Å². The van der Waals surface area contributed by atoms with Crippen molar-refractivity contribution in [1.82, 2.24) is 0 Å². The Labute approximate surface area is 312 Å². The highest BCUT2D eigenvalue weighted by Crippen LogP contribution is 2.61. The second-order valence-electron chi connectivity index (χ2n) is 11.3. The van der Waals surface area contributed by atoms with Crippen LogP contribution in [0.1, 0.15) is 61.2 Å². The van der Waals surface area contributed by atoms with Crippen LogP contribution in [0.5, 0.6) is 5.75 Å². The SMILES string of the molecule is N#CC(C#N)=C1C(c2ccc(C#N)c(C(F)(F)F)c2)=C(C#N)c2c(C#N)c3c(c(OC(F)(F)F)c21)C(=C(C#N)C#N)C(c1ccc(C#N)c(C(F)(F)F)c1)=C3C#N. The molecule has 0 spiro atoms. The molecule has 0 saturated heterocycles. The lowest BCUT2D eigenvalue weighted by Gasteiger charge is -2.21. The van der Waals surface area contributed by atoms with Crippen molar-refractivity contribution in [1.29, 1.82) is 47.4 Å². The van der Waals surface area contributed by atoms with Crippen LogP contribution < -0.4 is 4.74 Å². The van der Waals surface area contributed by atoms with E-state index in [2.05, 4.69) is 4.74 Å². The number of halogens is 9. The number of hydrogen-bond donors (Lipinski definition) is 0. The van der Waals surface area contributed by atoms with Crippen LogP contribution in [0.4, 0.5) is 39.5 Å². The average Bonchev–Trinajstić information content (AvgIpc) is 3.68. The highest BCUT2D eigenvalue weighted by Gasteiger charge is 2.48. The Balaban J connectivity index is 2.15. The molecular formula is C38H6F9N9O. The molecule has 2 aliphatic rings. The van der Waals surface area contributed by atoms with E-state index in [0.29, 0.717) is 12.1 Å². The van der Waals surface area contributed by atoms with Gasteiger partial charge in [-0.3, -0.25) is 0 Å². The Kier molecular flexibility index (Phi) is 9.60. The maximum atomic E-state index is 14.5. The Morgan fingerprint density at radius 3 is 1.11 bits per heavy atom. The number of ether oxygens (including phenoxy) is 1. The van der Waals surface area contributed by atoms with Gasteiger partial charge in [0.2, 0.25) is 0 Å². The Morgan fingerprint density at radius 2 is 0.842 bits per heavy atom. The van der Waals surface area contributed by atoms with Crippen molar-refractivity contribution in [2.75, 3.05) is 0 Å². The highest BCUT2D eigenvalue weighted by atomic mass is 19.4. The summed E-state index contributed by atoms with van der Waals surface area (Å²) < 4.78 is 133. The molecule has 0 aliphatic heterocycles. The predicted molar refractivity (Wildman–Crippen MR) is 171 cm³/mol. The zero-order chi connectivity index (χ0) is 42.4. The van der Waals surface area contributed by atoms with Crippen molar-refractivity contribution in [3.8, 4) is 60.4 Å². The number of alkyl halides is 9. The van der Waals surface area contributed by atoms with Gasteiger partial charge in [0.1, 0.15) is 59.4 Å². The molecule has 19 heteroatoms. The summed E-state index contributed by atoms with van der Waals surface area (Å²) in [7, 11) is 0. The maximum Gasteiger partial charge on any atom is 0.573 e. The fourth-order valence-electron chi connectivity index (χ4n) is 6.42. The molecule has 0 aromatic heterocycles. The summed E-state index contributed by atoms with van der Waals surface area (Å²) in [5, 5.41) is 90.3. The van der Waals surface area contributed by atoms with Crippen LogP contribution in [0.2, 0.25) is 0 Å². The summed E-state index contributed by atoms with van der Waals surface area (Å²) in [6.07, 6.45) is -16.4. The molecule has 272 valence electrons. The number of rotatable bonds is 3. The first-order valence-corrected chi connectivity index (χ1v) is 14.8. The van der Waals surface area contributed by atoms with Gasteiger partial charge in [0.15, 0.2) is 0 Å². The summed E-state index contributed by atoms with van der Waals surface area (Å²) in [6.45, 7) is 0. The smallest absolute Gasteiger partial charge is 0.404 e. The molecule has 10 nitrogen and oxygen atoms in total. The molecule has 2 aliphatic carbocycles. The van der Waals surface area contributed by atoms with E-state index in [1.54, 1.807) is 6.07 Å². The number of nitrogens with zero attached hydrogens (tertiary/aromatic N) is 9. The quantitative estimate of drug-likeness (QED) is 0.182. The molecule has 0 heterocycles. The molecule has 0 radical (unpaired) electrons. The number of allylic oxidation sites excluding steroid dienone is 8. The second-order valence-corrected chi connectivity index (χ2v) is 11.3. The van der Waals surface area contributed by atoms with Crippen molar-refractivity contribution in [2.24, 2.45) is 0 Å². The summed E-state index contributed by atoms with van der Waals surface area (Å²) in [5.74, 6) is -1.62. The topological polar surface area (TPSA) is 223 Å². The lowest BCUT2D eigenvalue weighted by Crippen LogP contribution is -2.20. The zero-order valence-corrected chi connectivity index (χ0v) is 27.3. The minimum absolute atomic E-state index is 0.282. The van der Waals surface area contributed by atoms with E-state index < -0.39 is 130 Å². The first-order valence-electron chi connectivity index (χ1n) is 14.8. The van der Waals surface area contributed by atoms with Crippen molar-refractivity contribution in [2.45, 2.75) is 18.7 Å². The van der Waals surface area contributed by atoms with Gasteiger partial charge in [-0.15, -0.1) is 13.2 Å². The Hall–Kier alpha value is -8.80. The van der Waals surface area contributed by atoms with Crippen LogP contribution in [0, 0.1) is 102 Å². The molecule has 0 saturated carbocycles. The van der Waals surface area contributed by atoms with E-state index in [4.69, 9.17) is 0 Å². The van der Waals surface area contributed by atoms with Gasteiger partial charge in [0, 0.05) is 44.5 Å². The molecule has 0 fully saturated rings. The van der Waals surface area contributed by atoms with Gasteiger partial charge < -0.3 is 4.74 Å². The molecule has 3 aromatic carbocycles. The van der Waals surface area contributed by atoms with E-state index in [9.17, 15) is 86.9 Å². The van der Waals surface area contributed by atoms with Crippen LogP contribution in [0.3, 0.4) is 0 Å². The lowest BCUT2D eigenvalue weighted by atomic mass is 9.85. The van der Waals surface area contributed by atoms with Crippen LogP contribution in [0.25, 0.3) is 33.4 Å². The molecule has 57 heavy (non-hydrogen) atoms. The fraction of sp³-hybridized carbons (Fsp3) is 0.0789. The van der Waals surface area contributed by atoms with Gasteiger partial charge in [0.25, 0.3) is 0 Å². The monoisotopic (exact) mass is 775 g/mol. The minimum Gasteiger partial charge on any atom is -0.404 e. The van der Waals surface area contributed by atoms with Gasteiger partial charge in [-0.05, 0) is 35.4 Å². The van der Waals surface area contributed by atoms with Gasteiger partial charge in [-0.2, -0.15) is 73.7 Å². The second kappa shape index (κ2) is 13.9. The van der Waals surface area contributed by atoms with Crippen LogP contribution in [-0.4, -0.2) is 6.36 Å². The lowest BCUT2D eigenvalue weighted by molar-refractivity contribution is -0.274. The summed E-state index contributed by atoms with van der Waals surface area (Å²) in [6, 6.07) is 16.0. The van der Waals surface area contributed by atoms with E-state index >= 15 is 0 Å². The van der Waals surface area contributed by atoms with Crippen molar-refractivity contribution in [3.63, 3.8) is 0 Å². The Bertz CT molecular complexity index is 2720. The fourth-order valence-corrected chi connectivity index (χ4v) is 6.42.